The maximum atomic E-state index is 14.5. The molecule has 0 aliphatic carbocycles. The Labute approximate surface area is 171 Å². The second kappa shape index (κ2) is 8.47. The number of aliphatic hydroxyl groups excluding tert-OH is 3. The predicted octanol–water partition coefficient (Wildman–Crippen LogP) is 2.80. The van der Waals surface area contributed by atoms with Gasteiger partial charge in [0.05, 0.1) is 6.61 Å². The van der Waals surface area contributed by atoms with Crippen LogP contribution in [0.5, 0.6) is 0 Å². The molecule has 2 aromatic carbocycles. The van der Waals surface area contributed by atoms with Crippen LogP contribution in [0.2, 0.25) is 0 Å². The van der Waals surface area contributed by atoms with Crippen LogP contribution in [0.4, 0.5) is 4.39 Å². The van der Waals surface area contributed by atoms with Crippen LogP contribution in [0.15, 0.2) is 48.5 Å². The molecule has 5 atom stereocenters. The Morgan fingerprint density at radius 2 is 1.83 bits per heavy atom. The summed E-state index contributed by atoms with van der Waals surface area (Å²) in [5.41, 5.74) is 1.02. The second-order valence-corrected chi connectivity index (χ2v) is 8.47. The summed E-state index contributed by atoms with van der Waals surface area (Å²) in [5.74, 6) is -0.342. The lowest BCUT2D eigenvalue weighted by Gasteiger charge is -2.40. The molecule has 1 aliphatic heterocycles. The minimum absolute atomic E-state index is 0.0667. The van der Waals surface area contributed by atoms with E-state index in [-0.39, 0.29) is 12.4 Å². The van der Waals surface area contributed by atoms with Gasteiger partial charge in [0.2, 0.25) is 0 Å². The van der Waals surface area contributed by atoms with E-state index in [0.717, 1.165) is 15.0 Å². The molecule has 5 nitrogen and oxygen atoms in total. The van der Waals surface area contributed by atoms with Gasteiger partial charge < -0.3 is 24.8 Å². The third-order valence-corrected chi connectivity index (χ3v) is 6.40. The average Bonchev–Trinajstić information content (AvgIpc) is 3.13. The molecule has 0 amide bonds. The van der Waals surface area contributed by atoms with Crippen molar-refractivity contribution >= 4 is 21.4 Å². The summed E-state index contributed by atoms with van der Waals surface area (Å²) in [6.45, 7) is 0.0667. The molecular weight excluding hydrogens is 395 g/mol. The molecule has 3 aromatic rings. The topological polar surface area (TPSA) is 79.2 Å². The molecule has 4 rings (SSSR count). The van der Waals surface area contributed by atoms with Crippen LogP contribution < -0.4 is 0 Å². The van der Waals surface area contributed by atoms with Crippen LogP contribution in [-0.2, 0) is 15.9 Å². The van der Waals surface area contributed by atoms with Gasteiger partial charge in [0.25, 0.3) is 0 Å². The lowest BCUT2D eigenvalue weighted by Crippen LogP contribution is -2.55. The lowest BCUT2D eigenvalue weighted by atomic mass is 9.90. The van der Waals surface area contributed by atoms with Crippen molar-refractivity contribution in [1.29, 1.82) is 0 Å². The summed E-state index contributed by atoms with van der Waals surface area (Å²) in [7, 11) is 1.46. The number of aliphatic hydroxyl groups is 3. The van der Waals surface area contributed by atoms with Gasteiger partial charge in [-0.05, 0) is 40.8 Å². The van der Waals surface area contributed by atoms with Crippen molar-refractivity contribution in [3.63, 3.8) is 0 Å². The first-order valence-corrected chi connectivity index (χ1v) is 10.2. The molecule has 1 fully saturated rings. The van der Waals surface area contributed by atoms with Gasteiger partial charge >= 0.3 is 0 Å². The normalized spacial score (nSPS) is 27.4. The van der Waals surface area contributed by atoms with E-state index in [1.165, 1.54) is 19.2 Å². The highest BCUT2D eigenvalue weighted by Gasteiger charge is 2.44. The van der Waals surface area contributed by atoms with Crippen molar-refractivity contribution in [2.24, 2.45) is 0 Å². The minimum Gasteiger partial charge on any atom is -0.388 e. The SMILES string of the molecule is COCC1OC(c2ccc(F)c(Cc3cc4ccccc4s3)c2)C(O)C(O)C1O. The zero-order valence-corrected chi connectivity index (χ0v) is 16.7. The Balaban J connectivity index is 1.61. The van der Waals surface area contributed by atoms with Crippen molar-refractivity contribution in [1.82, 2.24) is 0 Å². The number of fused-ring (bicyclic) bond motifs is 1. The molecule has 0 saturated carbocycles. The zero-order chi connectivity index (χ0) is 20.5. The number of hydrogen-bond acceptors (Lipinski definition) is 6. The maximum Gasteiger partial charge on any atom is 0.126 e. The highest BCUT2D eigenvalue weighted by molar-refractivity contribution is 7.19. The number of methoxy groups -OCH3 is 1. The van der Waals surface area contributed by atoms with Gasteiger partial charge in [0.1, 0.15) is 36.3 Å². The van der Waals surface area contributed by atoms with E-state index in [0.29, 0.717) is 17.5 Å². The molecule has 1 aromatic heterocycles. The molecule has 2 heterocycles. The van der Waals surface area contributed by atoms with E-state index in [1.54, 1.807) is 17.4 Å². The van der Waals surface area contributed by atoms with E-state index < -0.39 is 30.5 Å². The van der Waals surface area contributed by atoms with Crippen molar-refractivity contribution in [2.75, 3.05) is 13.7 Å². The van der Waals surface area contributed by atoms with E-state index in [9.17, 15) is 19.7 Å². The Hall–Kier alpha value is -1.87. The van der Waals surface area contributed by atoms with Gasteiger partial charge in [0, 0.05) is 23.1 Å². The monoisotopic (exact) mass is 418 g/mol. The Morgan fingerprint density at radius 3 is 2.59 bits per heavy atom. The van der Waals surface area contributed by atoms with E-state index >= 15 is 0 Å². The average molecular weight is 418 g/mol. The molecule has 7 heteroatoms. The fourth-order valence-corrected chi connectivity index (χ4v) is 4.83. The Kier molecular flexibility index (Phi) is 5.96. The molecule has 3 N–H and O–H groups in total. The van der Waals surface area contributed by atoms with Gasteiger partial charge in [-0.1, -0.05) is 24.3 Å². The highest BCUT2D eigenvalue weighted by atomic mass is 32.1. The molecule has 154 valence electrons. The smallest absolute Gasteiger partial charge is 0.126 e. The largest absolute Gasteiger partial charge is 0.388 e. The first kappa shape index (κ1) is 20.4. The lowest BCUT2D eigenvalue weighted by molar-refractivity contribution is -0.233. The summed E-state index contributed by atoms with van der Waals surface area (Å²) in [4.78, 5) is 1.03. The molecule has 0 bridgehead atoms. The van der Waals surface area contributed by atoms with Crippen LogP contribution in [0, 0.1) is 5.82 Å². The number of rotatable bonds is 5. The van der Waals surface area contributed by atoms with Crippen LogP contribution in [0.1, 0.15) is 22.1 Å². The number of thiophene rings is 1. The van der Waals surface area contributed by atoms with Crippen molar-refractivity contribution in [3.05, 3.63) is 70.4 Å². The third-order valence-electron chi connectivity index (χ3n) is 5.28. The van der Waals surface area contributed by atoms with Gasteiger partial charge in [0.15, 0.2) is 0 Å². The van der Waals surface area contributed by atoms with Gasteiger partial charge in [-0.15, -0.1) is 11.3 Å². The summed E-state index contributed by atoms with van der Waals surface area (Å²) >= 11 is 1.61. The minimum atomic E-state index is -1.38. The molecule has 1 saturated heterocycles. The fraction of sp³-hybridized carbons (Fsp3) is 0.364. The zero-order valence-electron chi connectivity index (χ0n) is 15.9. The molecule has 0 radical (unpaired) electrons. The summed E-state index contributed by atoms with van der Waals surface area (Å²) in [5, 5.41) is 31.8. The van der Waals surface area contributed by atoms with Crippen molar-refractivity contribution < 1.29 is 29.2 Å². The molecule has 29 heavy (non-hydrogen) atoms. The van der Waals surface area contributed by atoms with Crippen molar-refractivity contribution in [2.45, 2.75) is 36.9 Å². The predicted molar refractivity (Wildman–Crippen MR) is 109 cm³/mol. The quantitative estimate of drug-likeness (QED) is 0.594. The van der Waals surface area contributed by atoms with Crippen LogP contribution >= 0.6 is 11.3 Å². The third kappa shape index (κ3) is 4.07. The first-order valence-electron chi connectivity index (χ1n) is 9.42. The van der Waals surface area contributed by atoms with Crippen LogP contribution in [0.3, 0.4) is 0 Å². The van der Waals surface area contributed by atoms with E-state index in [2.05, 4.69) is 0 Å². The Bertz CT molecular complexity index is 957. The Morgan fingerprint density at radius 1 is 1.03 bits per heavy atom. The second-order valence-electron chi connectivity index (χ2n) is 7.30. The van der Waals surface area contributed by atoms with E-state index in [4.69, 9.17) is 9.47 Å². The first-order chi connectivity index (χ1) is 14.0. The number of halogens is 1. The summed E-state index contributed by atoms with van der Waals surface area (Å²) in [6.07, 6.45) is -5.26. The van der Waals surface area contributed by atoms with Crippen LogP contribution in [-0.4, -0.2) is 53.5 Å². The van der Waals surface area contributed by atoms with Crippen molar-refractivity contribution in [3.8, 4) is 0 Å². The summed E-state index contributed by atoms with van der Waals surface area (Å²) < 4.78 is 26.5. The molecule has 1 aliphatic rings. The molecular formula is C22H23FO5S. The number of hydrogen-bond donors (Lipinski definition) is 3. The summed E-state index contributed by atoms with van der Waals surface area (Å²) in [6, 6.07) is 14.6. The van der Waals surface area contributed by atoms with E-state index in [1.807, 2.05) is 30.3 Å². The standard InChI is InChI=1S/C22H23FO5S/c1-27-11-17-19(24)20(25)21(26)22(28-17)13-6-7-16(23)14(8-13)10-15-9-12-4-2-3-5-18(12)29-15/h2-9,17,19-22,24-26H,10-11H2,1H3. The van der Waals surface area contributed by atoms with Gasteiger partial charge in [-0.25, -0.2) is 4.39 Å². The molecule has 0 spiro atoms. The van der Waals surface area contributed by atoms with Gasteiger partial charge in [-0.2, -0.15) is 0 Å². The molecule has 5 unspecified atom stereocenters. The maximum absolute atomic E-state index is 14.5. The number of ether oxygens (including phenoxy) is 2. The highest BCUT2D eigenvalue weighted by Crippen LogP contribution is 2.34. The number of benzene rings is 2. The fourth-order valence-electron chi connectivity index (χ4n) is 3.75. The van der Waals surface area contributed by atoms with Gasteiger partial charge in [-0.3, -0.25) is 0 Å². The van der Waals surface area contributed by atoms with Crippen LogP contribution in [0.25, 0.3) is 10.1 Å².